The van der Waals surface area contributed by atoms with E-state index in [2.05, 4.69) is 5.32 Å². The smallest absolute Gasteiger partial charge is 0.310 e. The van der Waals surface area contributed by atoms with Crippen molar-refractivity contribution in [2.24, 2.45) is 11.8 Å². The van der Waals surface area contributed by atoms with E-state index in [4.69, 9.17) is 9.47 Å². The average Bonchev–Trinajstić information content (AvgIpc) is 2.26. The van der Waals surface area contributed by atoms with E-state index < -0.39 is 0 Å². The number of rotatable bonds is 4. The molecule has 0 bridgehead atoms. The molecule has 0 aromatic rings. The Kier molecular flexibility index (Phi) is 4.90. The van der Waals surface area contributed by atoms with Crippen molar-refractivity contribution in [3.05, 3.63) is 0 Å². The molecule has 4 heteroatoms. The summed E-state index contributed by atoms with van der Waals surface area (Å²) in [6.07, 6.45) is 1.92. The number of carbonyl (C=O) groups is 1. The van der Waals surface area contributed by atoms with Gasteiger partial charge < -0.3 is 14.8 Å². The summed E-state index contributed by atoms with van der Waals surface area (Å²) in [5, 5.41) is 3.04. The third-order valence-corrected chi connectivity index (χ3v) is 2.76. The zero-order valence-electron chi connectivity index (χ0n) is 8.91. The Balaban J connectivity index is 2.50. The van der Waals surface area contributed by atoms with Crippen molar-refractivity contribution in [2.75, 3.05) is 33.9 Å². The van der Waals surface area contributed by atoms with Gasteiger partial charge in [-0.05, 0) is 25.8 Å². The molecule has 0 spiro atoms. The molecule has 1 saturated heterocycles. The fourth-order valence-corrected chi connectivity index (χ4v) is 1.93. The fourth-order valence-electron chi connectivity index (χ4n) is 1.93. The number of methoxy groups -OCH3 is 1. The second-order valence-corrected chi connectivity index (χ2v) is 3.64. The zero-order valence-corrected chi connectivity index (χ0v) is 8.91. The fraction of sp³-hybridized carbons (Fsp3) is 0.900. The van der Waals surface area contributed by atoms with Crippen LogP contribution in [0, 0.1) is 11.8 Å². The van der Waals surface area contributed by atoms with E-state index in [9.17, 15) is 4.79 Å². The largest absolute Gasteiger partial charge is 0.469 e. The van der Waals surface area contributed by atoms with E-state index in [1.165, 1.54) is 7.11 Å². The summed E-state index contributed by atoms with van der Waals surface area (Å²) >= 11 is 0. The molecule has 0 saturated carbocycles. The SMILES string of the molecule is CNCC(C(=O)OC)C1CCOCC1. The van der Waals surface area contributed by atoms with Crippen molar-refractivity contribution < 1.29 is 14.3 Å². The van der Waals surface area contributed by atoms with Crippen molar-refractivity contribution in [1.29, 1.82) is 0 Å². The van der Waals surface area contributed by atoms with Crippen molar-refractivity contribution >= 4 is 5.97 Å². The van der Waals surface area contributed by atoms with E-state index in [0.717, 1.165) is 26.1 Å². The Hall–Kier alpha value is -0.610. The molecule has 82 valence electrons. The van der Waals surface area contributed by atoms with Gasteiger partial charge in [0.05, 0.1) is 13.0 Å². The van der Waals surface area contributed by atoms with E-state index in [1.54, 1.807) is 0 Å². The summed E-state index contributed by atoms with van der Waals surface area (Å²) < 4.78 is 10.1. The number of ether oxygens (including phenoxy) is 2. The van der Waals surface area contributed by atoms with Crippen LogP contribution in [0.25, 0.3) is 0 Å². The highest BCUT2D eigenvalue weighted by molar-refractivity contribution is 5.72. The van der Waals surface area contributed by atoms with Gasteiger partial charge in [0.2, 0.25) is 0 Å². The van der Waals surface area contributed by atoms with Gasteiger partial charge in [-0.15, -0.1) is 0 Å². The van der Waals surface area contributed by atoms with Gasteiger partial charge in [0, 0.05) is 19.8 Å². The van der Waals surface area contributed by atoms with Crippen molar-refractivity contribution in [3.63, 3.8) is 0 Å². The summed E-state index contributed by atoms with van der Waals surface area (Å²) in [6, 6.07) is 0. The number of nitrogens with one attached hydrogen (secondary N) is 1. The maximum atomic E-state index is 11.5. The predicted octanol–water partition coefficient (Wildman–Crippen LogP) is 0.422. The zero-order chi connectivity index (χ0) is 10.4. The Morgan fingerprint density at radius 2 is 2.21 bits per heavy atom. The van der Waals surface area contributed by atoms with Crippen LogP contribution in [0.1, 0.15) is 12.8 Å². The van der Waals surface area contributed by atoms with Crippen LogP contribution in [0.15, 0.2) is 0 Å². The van der Waals surface area contributed by atoms with Gasteiger partial charge in [0.1, 0.15) is 0 Å². The normalized spacial score (nSPS) is 20.4. The maximum absolute atomic E-state index is 11.5. The summed E-state index contributed by atoms with van der Waals surface area (Å²) in [7, 11) is 3.31. The quantitative estimate of drug-likeness (QED) is 0.670. The molecule has 1 rings (SSSR count). The Morgan fingerprint density at radius 3 is 2.71 bits per heavy atom. The molecule has 1 N–H and O–H groups in total. The molecule has 1 atom stereocenters. The minimum absolute atomic E-state index is 0.0195. The van der Waals surface area contributed by atoms with Gasteiger partial charge in [-0.1, -0.05) is 0 Å². The number of hydrogen-bond acceptors (Lipinski definition) is 4. The molecular weight excluding hydrogens is 182 g/mol. The average molecular weight is 201 g/mol. The van der Waals surface area contributed by atoms with Crippen LogP contribution in [0.4, 0.5) is 0 Å². The van der Waals surface area contributed by atoms with E-state index in [0.29, 0.717) is 12.5 Å². The molecule has 0 amide bonds. The Bertz CT molecular complexity index is 178. The van der Waals surface area contributed by atoms with Crippen molar-refractivity contribution in [2.45, 2.75) is 12.8 Å². The lowest BCUT2D eigenvalue weighted by molar-refractivity contribution is -0.148. The monoisotopic (exact) mass is 201 g/mol. The Morgan fingerprint density at radius 1 is 1.57 bits per heavy atom. The lowest BCUT2D eigenvalue weighted by Crippen LogP contribution is -2.36. The Labute approximate surface area is 85.0 Å². The molecule has 1 aliphatic heterocycles. The van der Waals surface area contributed by atoms with Crippen LogP contribution in [0.3, 0.4) is 0 Å². The summed E-state index contributed by atoms with van der Waals surface area (Å²) in [5.41, 5.74) is 0. The van der Waals surface area contributed by atoms with E-state index >= 15 is 0 Å². The van der Waals surface area contributed by atoms with Crippen molar-refractivity contribution in [1.82, 2.24) is 5.32 Å². The summed E-state index contributed by atoms with van der Waals surface area (Å²) in [5.74, 6) is 0.281. The van der Waals surface area contributed by atoms with Crippen LogP contribution >= 0.6 is 0 Å². The topological polar surface area (TPSA) is 47.6 Å². The molecule has 1 unspecified atom stereocenters. The van der Waals surface area contributed by atoms with Crippen LogP contribution in [0.2, 0.25) is 0 Å². The second kappa shape index (κ2) is 5.98. The van der Waals surface area contributed by atoms with Crippen molar-refractivity contribution in [3.8, 4) is 0 Å². The first-order valence-corrected chi connectivity index (χ1v) is 5.09. The van der Waals surface area contributed by atoms with Gasteiger partial charge in [0.25, 0.3) is 0 Å². The molecule has 0 aliphatic carbocycles. The molecule has 1 fully saturated rings. The highest BCUT2D eigenvalue weighted by Crippen LogP contribution is 2.24. The summed E-state index contributed by atoms with van der Waals surface area (Å²) in [4.78, 5) is 11.5. The lowest BCUT2D eigenvalue weighted by atomic mass is 9.86. The molecule has 0 aromatic heterocycles. The highest BCUT2D eigenvalue weighted by atomic mass is 16.5. The van der Waals surface area contributed by atoms with Crippen LogP contribution in [-0.4, -0.2) is 39.9 Å². The number of carbonyl (C=O) groups excluding carboxylic acids is 1. The summed E-state index contributed by atoms with van der Waals surface area (Å²) in [6.45, 7) is 2.22. The molecular formula is C10H19NO3. The van der Waals surface area contributed by atoms with Crippen LogP contribution in [0.5, 0.6) is 0 Å². The first-order chi connectivity index (χ1) is 6.79. The predicted molar refractivity (Wildman–Crippen MR) is 53.0 cm³/mol. The minimum Gasteiger partial charge on any atom is -0.469 e. The first kappa shape index (κ1) is 11.5. The first-order valence-electron chi connectivity index (χ1n) is 5.09. The molecule has 0 radical (unpaired) electrons. The van der Waals surface area contributed by atoms with Gasteiger partial charge >= 0.3 is 5.97 Å². The molecule has 4 nitrogen and oxygen atoms in total. The lowest BCUT2D eigenvalue weighted by Gasteiger charge is -2.28. The van der Waals surface area contributed by atoms with Gasteiger partial charge in [-0.2, -0.15) is 0 Å². The van der Waals surface area contributed by atoms with Crippen LogP contribution in [-0.2, 0) is 14.3 Å². The standard InChI is InChI=1S/C10H19NO3/c1-11-7-9(10(12)13-2)8-3-5-14-6-4-8/h8-9,11H,3-7H2,1-2H3. The third-order valence-electron chi connectivity index (χ3n) is 2.76. The third kappa shape index (κ3) is 2.96. The van der Waals surface area contributed by atoms with E-state index in [1.807, 2.05) is 7.05 Å². The number of hydrogen-bond donors (Lipinski definition) is 1. The van der Waals surface area contributed by atoms with Gasteiger partial charge in [-0.25, -0.2) is 0 Å². The molecule has 14 heavy (non-hydrogen) atoms. The molecule has 0 aromatic carbocycles. The van der Waals surface area contributed by atoms with Gasteiger partial charge in [0.15, 0.2) is 0 Å². The molecule has 1 heterocycles. The maximum Gasteiger partial charge on any atom is 0.310 e. The number of esters is 1. The van der Waals surface area contributed by atoms with E-state index in [-0.39, 0.29) is 11.9 Å². The second-order valence-electron chi connectivity index (χ2n) is 3.64. The van der Waals surface area contributed by atoms with Crippen LogP contribution < -0.4 is 5.32 Å². The molecule has 1 aliphatic rings. The van der Waals surface area contributed by atoms with Gasteiger partial charge in [-0.3, -0.25) is 4.79 Å². The minimum atomic E-state index is -0.105. The highest BCUT2D eigenvalue weighted by Gasteiger charge is 2.29.